The second-order valence-electron chi connectivity index (χ2n) is 7.43. The summed E-state index contributed by atoms with van der Waals surface area (Å²) in [5, 5.41) is 17.4. The van der Waals surface area contributed by atoms with E-state index < -0.39 is 5.60 Å². The van der Waals surface area contributed by atoms with Gasteiger partial charge >= 0.3 is 0 Å². The Kier molecular flexibility index (Phi) is 5.97. The van der Waals surface area contributed by atoms with Gasteiger partial charge in [0.2, 0.25) is 5.91 Å². The lowest BCUT2D eigenvalue weighted by Gasteiger charge is -2.40. The average Bonchev–Trinajstić information content (AvgIpc) is 2.48. The first-order valence-corrected chi connectivity index (χ1v) is 9.25. The van der Waals surface area contributed by atoms with E-state index >= 15 is 0 Å². The second kappa shape index (κ2) is 7.34. The van der Waals surface area contributed by atoms with Gasteiger partial charge in [0.1, 0.15) is 0 Å². The molecule has 1 amide bonds. The predicted octanol–water partition coefficient (Wildman–Crippen LogP) is 1.92. The van der Waals surface area contributed by atoms with Crippen molar-refractivity contribution in [1.29, 1.82) is 0 Å². The van der Waals surface area contributed by atoms with Crippen molar-refractivity contribution in [3.05, 3.63) is 0 Å². The predicted molar refractivity (Wildman–Crippen MR) is 88.6 cm³/mol. The van der Waals surface area contributed by atoms with Gasteiger partial charge in [-0.2, -0.15) is 0 Å². The summed E-state index contributed by atoms with van der Waals surface area (Å²) in [6, 6.07) is 0. The molecular weight excluding hydrogens is 284 g/mol. The first-order chi connectivity index (χ1) is 9.89. The van der Waals surface area contributed by atoms with E-state index in [4.69, 9.17) is 0 Å². The van der Waals surface area contributed by atoms with Crippen LogP contribution < -0.4 is 10.6 Å². The molecule has 21 heavy (non-hydrogen) atoms. The molecule has 1 saturated heterocycles. The Morgan fingerprint density at radius 3 is 2.48 bits per heavy atom. The lowest BCUT2D eigenvalue weighted by atomic mass is 9.71. The highest BCUT2D eigenvalue weighted by Crippen LogP contribution is 2.39. The van der Waals surface area contributed by atoms with Gasteiger partial charge in [0.25, 0.3) is 0 Å². The first kappa shape index (κ1) is 17.1. The Hall–Kier alpha value is -0.260. The van der Waals surface area contributed by atoms with E-state index in [0.717, 1.165) is 51.6 Å². The fourth-order valence-electron chi connectivity index (χ4n) is 3.04. The number of aliphatic hydroxyl groups is 1. The molecule has 0 spiro atoms. The Morgan fingerprint density at radius 1 is 1.24 bits per heavy atom. The van der Waals surface area contributed by atoms with Crippen molar-refractivity contribution in [3.63, 3.8) is 0 Å². The number of carbonyl (C=O) groups is 1. The normalized spacial score (nSPS) is 25.5. The van der Waals surface area contributed by atoms with Crippen LogP contribution in [0.2, 0.25) is 0 Å². The van der Waals surface area contributed by atoms with Gasteiger partial charge < -0.3 is 15.7 Å². The molecule has 0 aromatic rings. The Morgan fingerprint density at radius 2 is 1.86 bits per heavy atom. The zero-order valence-corrected chi connectivity index (χ0v) is 14.2. The van der Waals surface area contributed by atoms with Crippen molar-refractivity contribution in [2.45, 2.75) is 63.2 Å². The lowest BCUT2D eigenvalue weighted by Crippen LogP contribution is -2.47. The van der Waals surface area contributed by atoms with Crippen molar-refractivity contribution in [2.24, 2.45) is 5.41 Å². The van der Waals surface area contributed by atoms with Crippen LogP contribution in [0.5, 0.6) is 0 Å². The van der Waals surface area contributed by atoms with Gasteiger partial charge in [0, 0.05) is 11.8 Å². The van der Waals surface area contributed by atoms with Crippen molar-refractivity contribution in [1.82, 2.24) is 10.6 Å². The molecule has 2 aliphatic rings. The minimum Gasteiger partial charge on any atom is -0.388 e. The largest absolute Gasteiger partial charge is 0.388 e. The summed E-state index contributed by atoms with van der Waals surface area (Å²) in [6.07, 6.45) is 5.95. The van der Waals surface area contributed by atoms with Gasteiger partial charge in [-0.1, -0.05) is 13.8 Å². The van der Waals surface area contributed by atoms with Gasteiger partial charge in [0.05, 0.1) is 11.4 Å². The maximum atomic E-state index is 11.9. The fraction of sp³-hybridized carbons (Fsp3) is 0.938. The number of nitrogens with one attached hydrogen (secondary N) is 2. The number of amides is 1. The summed E-state index contributed by atoms with van der Waals surface area (Å²) in [5.41, 5.74) is -0.355. The molecule has 1 aliphatic carbocycles. The maximum Gasteiger partial charge on any atom is 0.230 e. The van der Waals surface area contributed by atoms with Gasteiger partial charge in [-0.25, -0.2) is 0 Å². The molecule has 0 atom stereocenters. The van der Waals surface area contributed by atoms with Crippen LogP contribution in [-0.2, 0) is 4.79 Å². The SMILES string of the molecule is CC1(C)CCC(O)(CNC(=O)CSC2CCNCC2)CC1. The number of piperidine rings is 1. The first-order valence-electron chi connectivity index (χ1n) is 8.20. The topological polar surface area (TPSA) is 61.4 Å². The molecule has 0 unspecified atom stereocenters. The van der Waals surface area contributed by atoms with E-state index in [1.54, 1.807) is 11.8 Å². The van der Waals surface area contributed by atoms with Crippen molar-refractivity contribution < 1.29 is 9.90 Å². The highest BCUT2D eigenvalue weighted by Gasteiger charge is 2.36. The van der Waals surface area contributed by atoms with Gasteiger partial charge in [-0.05, 0) is 57.0 Å². The highest BCUT2D eigenvalue weighted by atomic mass is 32.2. The molecule has 0 radical (unpaired) electrons. The molecule has 0 bridgehead atoms. The van der Waals surface area contributed by atoms with E-state index in [1.807, 2.05) is 0 Å². The molecule has 1 heterocycles. The molecule has 5 heteroatoms. The third-order valence-corrected chi connectivity index (χ3v) is 6.26. The van der Waals surface area contributed by atoms with Crippen LogP contribution >= 0.6 is 11.8 Å². The standard InChI is InChI=1S/C16H30N2O2S/c1-15(2)5-7-16(20,8-6-15)12-18-14(19)11-21-13-3-9-17-10-4-13/h13,17,20H,3-12H2,1-2H3,(H,18,19). The fourth-order valence-corrected chi connectivity index (χ4v) is 4.10. The molecule has 0 aromatic heterocycles. The number of hydrogen-bond acceptors (Lipinski definition) is 4. The second-order valence-corrected chi connectivity index (χ2v) is 8.71. The molecule has 4 nitrogen and oxygen atoms in total. The number of rotatable bonds is 5. The van der Waals surface area contributed by atoms with Crippen molar-refractivity contribution in [2.75, 3.05) is 25.4 Å². The highest BCUT2D eigenvalue weighted by molar-refractivity contribution is 8.00. The van der Waals surface area contributed by atoms with Crippen molar-refractivity contribution >= 4 is 17.7 Å². The van der Waals surface area contributed by atoms with Crippen LogP contribution in [0.15, 0.2) is 0 Å². The smallest absolute Gasteiger partial charge is 0.230 e. The van der Waals surface area contributed by atoms with Crippen molar-refractivity contribution in [3.8, 4) is 0 Å². The number of hydrogen-bond donors (Lipinski definition) is 3. The number of thioether (sulfide) groups is 1. The summed E-state index contributed by atoms with van der Waals surface area (Å²) in [5.74, 6) is 0.587. The van der Waals surface area contributed by atoms with Crippen LogP contribution in [0.1, 0.15) is 52.4 Å². The van der Waals surface area contributed by atoms with Crippen LogP contribution in [0, 0.1) is 5.41 Å². The quantitative estimate of drug-likeness (QED) is 0.725. The summed E-state index contributed by atoms with van der Waals surface area (Å²) in [4.78, 5) is 11.9. The summed E-state index contributed by atoms with van der Waals surface area (Å²) in [6.45, 7) is 7.04. The Balaban J connectivity index is 1.64. The van der Waals surface area contributed by atoms with Gasteiger partial charge in [0.15, 0.2) is 0 Å². The van der Waals surface area contributed by atoms with Gasteiger partial charge in [-0.3, -0.25) is 4.79 Å². The Bertz CT molecular complexity index is 344. The van der Waals surface area contributed by atoms with E-state index in [0.29, 0.717) is 23.0 Å². The zero-order chi connectivity index (χ0) is 15.3. The molecule has 2 rings (SSSR count). The molecule has 122 valence electrons. The monoisotopic (exact) mass is 314 g/mol. The van der Waals surface area contributed by atoms with E-state index in [9.17, 15) is 9.90 Å². The van der Waals surface area contributed by atoms with Crippen LogP contribution in [0.4, 0.5) is 0 Å². The molecule has 3 N–H and O–H groups in total. The molecule has 0 aromatic carbocycles. The Labute approximate surface area is 132 Å². The lowest BCUT2D eigenvalue weighted by molar-refractivity contribution is -0.120. The van der Waals surface area contributed by atoms with Crippen LogP contribution in [0.3, 0.4) is 0 Å². The van der Waals surface area contributed by atoms with Crippen LogP contribution in [0.25, 0.3) is 0 Å². The average molecular weight is 314 g/mol. The summed E-state index contributed by atoms with van der Waals surface area (Å²) < 4.78 is 0. The molecule has 1 saturated carbocycles. The molecule has 1 aliphatic heterocycles. The van der Waals surface area contributed by atoms with Gasteiger partial charge in [-0.15, -0.1) is 11.8 Å². The van der Waals surface area contributed by atoms with Crippen LogP contribution in [-0.4, -0.2) is 47.3 Å². The third-order valence-electron chi connectivity index (χ3n) is 4.89. The maximum absolute atomic E-state index is 11.9. The zero-order valence-electron chi connectivity index (χ0n) is 13.4. The number of carbonyl (C=O) groups excluding carboxylic acids is 1. The van der Waals surface area contributed by atoms with E-state index in [1.165, 1.54) is 0 Å². The minimum atomic E-state index is -0.690. The van der Waals surface area contributed by atoms with E-state index in [-0.39, 0.29) is 5.91 Å². The third kappa shape index (κ3) is 5.80. The molecule has 2 fully saturated rings. The summed E-state index contributed by atoms with van der Waals surface area (Å²) in [7, 11) is 0. The summed E-state index contributed by atoms with van der Waals surface area (Å²) >= 11 is 1.76. The molecular formula is C16H30N2O2S. The van der Waals surface area contributed by atoms with E-state index in [2.05, 4.69) is 24.5 Å². The minimum absolute atomic E-state index is 0.0665.